The zero-order valence-electron chi connectivity index (χ0n) is 12.1. The number of esters is 1. The van der Waals surface area contributed by atoms with Gasteiger partial charge >= 0.3 is 5.97 Å². The smallest absolute Gasteiger partial charge is 0.309 e. The predicted octanol–water partition coefficient (Wildman–Crippen LogP) is 2.80. The third-order valence-electron chi connectivity index (χ3n) is 2.78. The highest BCUT2D eigenvalue weighted by molar-refractivity contribution is 5.72. The molecule has 108 valence electrons. The SMILES string of the molecule is CCCCC(CCC)C(=O)OCCOCCOC. The lowest BCUT2D eigenvalue weighted by atomic mass is 9.97. The molecule has 4 heteroatoms. The van der Waals surface area contributed by atoms with Gasteiger partial charge in [0.1, 0.15) is 6.61 Å². The summed E-state index contributed by atoms with van der Waals surface area (Å²) in [5.74, 6) is -0.00503. The summed E-state index contributed by atoms with van der Waals surface area (Å²) in [6, 6.07) is 0. The van der Waals surface area contributed by atoms with Crippen molar-refractivity contribution in [3.05, 3.63) is 0 Å². The Hall–Kier alpha value is -0.610. The Morgan fingerprint density at radius 1 is 1.00 bits per heavy atom. The van der Waals surface area contributed by atoms with Crippen LogP contribution in [0.1, 0.15) is 46.0 Å². The number of unbranched alkanes of at least 4 members (excludes halogenated alkanes) is 1. The van der Waals surface area contributed by atoms with Crippen LogP contribution in [-0.2, 0) is 19.0 Å². The van der Waals surface area contributed by atoms with E-state index in [9.17, 15) is 4.79 Å². The number of methoxy groups -OCH3 is 1. The topological polar surface area (TPSA) is 44.8 Å². The van der Waals surface area contributed by atoms with E-state index in [1.807, 2.05) is 0 Å². The van der Waals surface area contributed by atoms with E-state index in [0.29, 0.717) is 26.4 Å². The first-order valence-corrected chi connectivity index (χ1v) is 6.99. The van der Waals surface area contributed by atoms with Gasteiger partial charge in [-0.1, -0.05) is 33.1 Å². The van der Waals surface area contributed by atoms with Crippen LogP contribution >= 0.6 is 0 Å². The van der Waals surface area contributed by atoms with E-state index >= 15 is 0 Å². The van der Waals surface area contributed by atoms with Crippen LogP contribution in [0.15, 0.2) is 0 Å². The standard InChI is InChI=1S/C14H28O4/c1-4-6-8-13(7-5-2)14(15)18-12-11-17-10-9-16-3/h13H,4-12H2,1-3H3. The minimum Gasteiger partial charge on any atom is -0.463 e. The molecule has 1 atom stereocenters. The first-order valence-electron chi connectivity index (χ1n) is 6.99. The minimum absolute atomic E-state index is 0.0638. The van der Waals surface area contributed by atoms with E-state index in [4.69, 9.17) is 14.2 Å². The van der Waals surface area contributed by atoms with Gasteiger partial charge in [0.2, 0.25) is 0 Å². The highest BCUT2D eigenvalue weighted by Gasteiger charge is 2.18. The van der Waals surface area contributed by atoms with E-state index in [2.05, 4.69) is 13.8 Å². The monoisotopic (exact) mass is 260 g/mol. The molecular weight excluding hydrogens is 232 g/mol. The van der Waals surface area contributed by atoms with Crippen molar-refractivity contribution < 1.29 is 19.0 Å². The second-order valence-electron chi connectivity index (χ2n) is 4.40. The lowest BCUT2D eigenvalue weighted by Crippen LogP contribution is -2.20. The average molecular weight is 260 g/mol. The molecular formula is C14H28O4. The summed E-state index contributed by atoms with van der Waals surface area (Å²) in [5, 5.41) is 0. The highest BCUT2D eigenvalue weighted by atomic mass is 16.6. The number of ether oxygens (including phenoxy) is 3. The first-order chi connectivity index (χ1) is 8.76. The predicted molar refractivity (Wildman–Crippen MR) is 71.6 cm³/mol. The molecule has 1 unspecified atom stereocenters. The van der Waals surface area contributed by atoms with Crippen LogP contribution in [0.4, 0.5) is 0 Å². The maximum absolute atomic E-state index is 11.8. The Morgan fingerprint density at radius 3 is 2.33 bits per heavy atom. The molecule has 0 radical (unpaired) electrons. The molecule has 0 aliphatic carbocycles. The molecule has 0 saturated carbocycles. The Bertz CT molecular complexity index is 194. The molecule has 0 aromatic rings. The molecule has 0 bridgehead atoms. The van der Waals surface area contributed by atoms with Crippen molar-refractivity contribution in [2.75, 3.05) is 33.5 Å². The summed E-state index contributed by atoms with van der Waals surface area (Å²) < 4.78 is 15.3. The van der Waals surface area contributed by atoms with Crippen LogP contribution in [0.2, 0.25) is 0 Å². The quantitative estimate of drug-likeness (QED) is 0.400. The number of carbonyl (C=O) groups is 1. The number of hydrogen-bond donors (Lipinski definition) is 0. The van der Waals surface area contributed by atoms with Crippen LogP contribution in [0.5, 0.6) is 0 Å². The van der Waals surface area contributed by atoms with Gasteiger partial charge in [0.25, 0.3) is 0 Å². The van der Waals surface area contributed by atoms with Gasteiger partial charge < -0.3 is 14.2 Å². The molecule has 18 heavy (non-hydrogen) atoms. The van der Waals surface area contributed by atoms with Gasteiger partial charge in [-0.15, -0.1) is 0 Å². The van der Waals surface area contributed by atoms with E-state index in [1.54, 1.807) is 7.11 Å². The van der Waals surface area contributed by atoms with Gasteiger partial charge in [-0.2, -0.15) is 0 Å². The van der Waals surface area contributed by atoms with Crippen molar-refractivity contribution in [3.63, 3.8) is 0 Å². The van der Waals surface area contributed by atoms with Gasteiger partial charge in [0, 0.05) is 7.11 Å². The summed E-state index contributed by atoms with van der Waals surface area (Å²) in [5.41, 5.74) is 0. The van der Waals surface area contributed by atoms with Crippen molar-refractivity contribution in [1.82, 2.24) is 0 Å². The van der Waals surface area contributed by atoms with Crippen molar-refractivity contribution in [3.8, 4) is 0 Å². The summed E-state index contributed by atoms with van der Waals surface area (Å²) in [4.78, 5) is 11.8. The van der Waals surface area contributed by atoms with E-state index in [-0.39, 0.29) is 11.9 Å². The number of carbonyl (C=O) groups excluding carboxylic acids is 1. The van der Waals surface area contributed by atoms with Crippen molar-refractivity contribution in [2.24, 2.45) is 5.92 Å². The fourth-order valence-corrected chi connectivity index (χ4v) is 1.74. The molecule has 0 heterocycles. The fourth-order valence-electron chi connectivity index (χ4n) is 1.74. The van der Waals surface area contributed by atoms with Crippen molar-refractivity contribution in [1.29, 1.82) is 0 Å². The molecule has 0 rings (SSSR count). The second kappa shape index (κ2) is 12.8. The maximum Gasteiger partial charge on any atom is 0.309 e. The molecule has 0 aromatic carbocycles. The van der Waals surface area contributed by atoms with Crippen LogP contribution in [0, 0.1) is 5.92 Å². The zero-order chi connectivity index (χ0) is 13.6. The van der Waals surface area contributed by atoms with E-state index < -0.39 is 0 Å². The molecule has 0 saturated heterocycles. The van der Waals surface area contributed by atoms with Crippen LogP contribution in [-0.4, -0.2) is 39.5 Å². The third kappa shape index (κ3) is 9.42. The van der Waals surface area contributed by atoms with E-state index in [1.165, 1.54) is 0 Å². The first kappa shape index (κ1) is 17.4. The van der Waals surface area contributed by atoms with Crippen molar-refractivity contribution >= 4 is 5.97 Å². The Labute approximate surface area is 111 Å². The lowest BCUT2D eigenvalue weighted by Gasteiger charge is -2.14. The summed E-state index contributed by atoms with van der Waals surface area (Å²) >= 11 is 0. The number of rotatable bonds is 12. The van der Waals surface area contributed by atoms with E-state index in [0.717, 1.165) is 32.1 Å². The van der Waals surface area contributed by atoms with Gasteiger partial charge in [-0.25, -0.2) is 0 Å². The average Bonchev–Trinajstić information content (AvgIpc) is 2.38. The zero-order valence-corrected chi connectivity index (χ0v) is 12.1. The van der Waals surface area contributed by atoms with Gasteiger partial charge in [-0.3, -0.25) is 4.79 Å². The highest BCUT2D eigenvalue weighted by Crippen LogP contribution is 2.16. The van der Waals surface area contributed by atoms with Crippen LogP contribution in [0.25, 0.3) is 0 Å². The normalized spacial score (nSPS) is 12.4. The van der Waals surface area contributed by atoms with Crippen LogP contribution in [0.3, 0.4) is 0 Å². The summed E-state index contributed by atoms with van der Waals surface area (Å²) in [7, 11) is 1.63. The molecule has 0 amide bonds. The summed E-state index contributed by atoms with van der Waals surface area (Å²) in [6.45, 7) is 6.14. The Balaban J connectivity index is 3.67. The van der Waals surface area contributed by atoms with Gasteiger partial charge in [0.05, 0.1) is 25.7 Å². The maximum atomic E-state index is 11.8. The Kier molecular flexibility index (Phi) is 12.4. The molecule has 4 nitrogen and oxygen atoms in total. The summed E-state index contributed by atoms with van der Waals surface area (Å²) in [6.07, 6.45) is 5.09. The van der Waals surface area contributed by atoms with Gasteiger partial charge in [-0.05, 0) is 12.8 Å². The molecule has 0 N–H and O–H groups in total. The molecule has 0 fully saturated rings. The molecule has 0 aromatic heterocycles. The van der Waals surface area contributed by atoms with Crippen LogP contribution < -0.4 is 0 Å². The lowest BCUT2D eigenvalue weighted by molar-refractivity contribution is -0.150. The second-order valence-corrected chi connectivity index (χ2v) is 4.40. The fraction of sp³-hybridized carbons (Fsp3) is 0.929. The number of hydrogen-bond acceptors (Lipinski definition) is 4. The third-order valence-corrected chi connectivity index (χ3v) is 2.78. The molecule has 0 aliphatic heterocycles. The molecule has 0 aliphatic rings. The Morgan fingerprint density at radius 2 is 1.72 bits per heavy atom. The largest absolute Gasteiger partial charge is 0.463 e. The van der Waals surface area contributed by atoms with Crippen molar-refractivity contribution in [2.45, 2.75) is 46.0 Å². The van der Waals surface area contributed by atoms with Gasteiger partial charge in [0.15, 0.2) is 0 Å². The molecule has 0 spiro atoms. The minimum atomic E-state index is -0.0689.